The molecule has 8 heteroatoms. The summed E-state index contributed by atoms with van der Waals surface area (Å²) in [6, 6.07) is -0.958. The number of hydrogen-bond acceptors (Lipinski definition) is 3. The highest BCUT2D eigenvalue weighted by Crippen LogP contribution is 2.18. The van der Waals surface area contributed by atoms with Crippen LogP contribution in [0, 0.1) is 0 Å². The summed E-state index contributed by atoms with van der Waals surface area (Å²) < 4.78 is 39.7. The molecule has 1 rings (SSSR count). The average Bonchev–Trinajstić information content (AvgIpc) is 2.27. The zero-order valence-electron chi connectivity index (χ0n) is 9.57. The minimum Gasteiger partial charge on any atom is -0.480 e. The normalized spacial score (nSPS) is 20.8. The number of alkyl halides is 3. The maximum absolute atomic E-state index is 11.8. The summed E-state index contributed by atoms with van der Waals surface area (Å²) in [4.78, 5) is 23.5. The van der Waals surface area contributed by atoms with Gasteiger partial charge in [0.25, 0.3) is 0 Å². The number of ether oxygens (including phenoxy) is 1. The summed E-state index contributed by atoms with van der Waals surface area (Å²) in [5.74, 6) is -1.86. The van der Waals surface area contributed by atoms with Crippen LogP contribution in [0.3, 0.4) is 0 Å². The van der Waals surface area contributed by atoms with E-state index in [-0.39, 0.29) is 6.54 Å². The van der Waals surface area contributed by atoms with E-state index in [0.29, 0.717) is 19.3 Å². The fraction of sp³-hybridized carbons (Fsp3) is 0.800. The Morgan fingerprint density at radius 3 is 2.56 bits per heavy atom. The number of carbonyl (C=O) groups excluding carboxylic acids is 1. The second-order valence-corrected chi connectivity index (χ2v) is 4.04. The Balaban J connectivity index is 2.46. The van der Waals surface area contributed by atoms with Gasteiger partial charge in [-0.3, -0.25) is 4.79 Å². The third kappa shape index (κ3) is 4.52. The molecule has 1 N–H and O–H groups in total. The van der Waals surface area contributed by atoms with Crippen LogP contribution in [0.1, 0.15) is 19.3 Å². The minimum absolute atomic E-state index is 0.241. The lowest BCUT2D eigenvalue weighted by molar-refractivity contribution is -0.179. The van der Waals surface area contributed by atoms with E-state index in [0.717, 1.165) is 4.90 Å². The van der Waals surface area contributed by atoms with Crippen molar-refractivity contribution in [3.8, 4) is 0 Å². The second-order valence-electron chi connectivity index (χ2n) is 4.04. The molecular formula is C10H14F3NO4. The van der Waals surface area contributed by atoms with Crippen LogP contribution in [0.15, 0.2) is 0 Å². The van der Waals surface area contributed by atoms with Gasteiger partial charge >= 0.3 is 12.1 Å². The monoisotopic (exact) mass is 269 g/mol. The Labute approximate surface area is 102 Å². The number of nitrogens with zero attached hydrogens (tertiary/aromatic N) is 1. The molecule has 1 heterocycles. The van der Waals surface area contributed by atoms with E-state index >= 15 is 0 Å². The third-order valence-electron chi connectivity index (χ3n) is 2.60. The van der Waals surface area contributed by atoms with Crippen molar-refractivity contribution in [2.45, 2.75) is 31.5 Å². The number of hydrogen-bond donors (Lipinski definition) is 1. The summed E-state index contributed by atoms with van der Waals surface area (Å²) in [5.41, 5.74) is 0. The van der Waals surface area contributed by atoms with Crippen LogP contribution in [0.25, 0.3) is 0 Å². The maximum atomic E-state index is 11.8. The SMILES string of the molecule is O=C(O)[C@H]1CCCCN1C(=O)COCC(F)(F)F. The molecule has 0 aliphatic carbocycles. The van der Waals surface area contributed by atoms with Gasteiger partial charge in [-0.2, -0.15) is 13.2 Å². The fourth-order valence-electron chi connectivity index (χ4n) is 1.82. The van der Waals surface area contributed by atoms with Crippen molar-refractivity contribution in [2.75, 3.05) is 19.8 Å². The number of piperidine rings is 1. The third-order valence-corrected chi connectivity index (χ3v) is 2.60. The van der Waals surface area contributed by atoms with Crippen LogP contribution in [-0.2, 0) is 14.3 Å². The summed E-state index contributed by atoms with van der Waals surface area (Å²) >= 11 is 0. The first-order valence-corrected chi connectivity index (χ1v) is 5.48. The molecule has 0 aromatic carbocycles. The molecule has 18 heavy (non-hydrogen) atoms. The molecule has 0 aromatic heterocycles. The molecule has 1 atom stereocenters. The molecule has 0 radical (unpaired) electrons. The van der Waals surface area contributed by atoms with Gasteiger partial charge < -0.3 is 14.7 Å². The molecule has 1 saturated heterocycles. The van der Waals surface area contributed by atoms with Gasteiger partial charge in [0.05, 0.1) is 0 Å². The highest BCUT2D eigenvalue weighted by atomic mass is 19.4. The highest BCUT2D eigenvalue weighted by Gasteiger charge is 2.33. The topological polar surface area (TPSA) is 66.8 Å². The van der Waals surface area contributed by atoms with Gasteiger partial charge in [-0.05, 0) is 19.3 Å². The van der Waals surface area contributed by atoms with Gasteiger partial charge in [0.1, 0.15) is 19.3 Å². The fourth-order valence-corrected chi connectivity index (χ4v) is 1.82. The zero-order chi connectivity index (χ0) is 13.8. The van der Waals surface area contributed by atoms with E-state index in [1.807, 2.05) is 0 Å². The van der Waals surface area contributed by atoms with Crippen LogP contribution in [0.2, 0.25) is 0 Å². The van der Waals surface area contributed by atoms with E-state index in [4.69, 9.17) is 5.11 Å². The van der Waals surface area contributed by atoms with E-state index < -0.39 is 37.3 Å². The van der Waals surface area contributed by atoms with Crippen molar-refractivity contribution in [3.05, 3.63) is 0 Å². The Hall–Kier alpha value is -1.31. The number of halogens is 3. The van der Waals surface area contributed by atoms with Crippen LogP contribution in [0.5, 0.6) is 0 Å². The van der Waals surface area contributed by atoms with E-state index in [1.165, 1.54) is 0 Å². The number of carboxylic acid groups (broad SMARTS) is 1. The molecule has 0 unspecified atom stereocenters. The van der Waals surface area contributed by atoms with Crippen molar-refractivity contribution >= 4 is 11.9 Å². The highest BCUT2D eigenvalue weighted by molar-refractivity contribution is 5.84. The molecule has 0 spiro atoms. The largest absolute Gasteiger partial charge is 0.480 e. The lowest BCUT2D eigenvalue weighted by Crippen LogP contribution is -2.49. The average molecular weight is 269 g/mol. The number of likely N-dealkylation sites (tertiary alicyclic amines) is 1. The van der Waals surface area contributed by atoms with Crippen molar-refractivity contribution in [3.63, 3.8) is 0 Å². The quantitative estimate of drug-likeness (QED) is 0.827. The van der Waals surface area contributed by atoms with Crippen LogP contribution < -0.4 is 0 Å². The van der Waals surface area contributed by atoms with Gasteiger partial charge in [0.2, 0.25) is 5.91 Å². The zero-order valence-corrected chi connectivity index (χ0v) is 9.57. The van der Waals surface area contributed by atoms with Crippen molar-refractivity contribution in [1.29, 1.82) is 0 Å². The van der Waals surface area contributed by atoms with Gasteiger partial charge in [-0.15, -0.1) is 0 Å². The van der Waals surface area contributed by atoms with Gasteiger partial charge in [-0.25, -0.2) is 4.79 Å². The predicted octanol–water partition coefficient (Wildman–Crippen LogP) is 1.03. The molecule has 0 saturated carbocycles. The lowest BCUT2D eigenvalue weighted by atomic mass is 10.0. The van der Waals surface area contributed by atoms with Gasteiger partial charge in [0, 0.05) is 6.54 Å². The number of amides is 1. The number of carbonyl (C=O) groups is 2. The molecule has 1 amide bonds. The van der Waals surface area contributed by atoms with Crippen LogP contribution >= 0.6 is 0 Å². The maximum Gasteiger partial charge on any atom is 0.411 e. The van der Waals surface area contributed by atoms with Crippen LogP contribution in [-0.4, -0.2) is 53.9 Å². The van der Waals surface area contributed by atoms with E-state index in [2.05, 4.69) is 4.74 Å². The molecular weight excluding hydrogens is 255 g/mol. The van der Waals surface area contributed by atoms with Crippen molar-refractivity contribution in [1.82, 2.24) is 4.90 Å². The standard InChI is InChI=1S/C10H14F3NO4/c11-10(12,13)6-18-5-8(15)14-4-2-1-3-7(14)9(16)17/h7H,1-6H2,(H,16,17)/t7-/m1/s1. The van der Waals surface area contributed by atoms with Crippen molar-refractivity contribution < 1.29 is 32.6 Å². The van der Waals surface area contributed by atoms with E-state index in [9.17, 15) is 22.8 Å². The Morgan fingerprint density at radius 1 is 1.33 bits per heavy atom. The summed E-state index contributed by atoms with van der Waals surface area (Å²) in [6.45, 7) is -2.02. The Kier molecular flexibility index (Phi) is 4.94. The Bertz CT molecular complexity index is 319. The first-order valence-electron chi connectivity index (χ1n) is 5.48. The van der Waals surface area contributed by atoms with Gasteiger partial charge in [-0.1, -0.05) is 0 Å². The molecule has 1 aliphatic rings. The van der Waals surface area contributed by atoms with Crippen LogP contribution in [0.4, 0.5) is 13.2 Å². The van der Waals surface area contributed by atoms with Gasteiger partial charge in [0.15, 0.2) is 0 Å². The molecule has 5 nitrogen and oxygen atoms in total. The predicted molar refractivity (Wildman–Crippen MR) is 53.9 cm³/mol. The molecule has 104 valence electrons. The second kappa shape index (κ2) is 6.03. The number of carboxylic acids is 1. The molecule has 0 aromatic rings. The first-order chi connectivity index (χ1) is 8.31. The smallest absolute Gasteiger partial charge is 0.411 e. The Morgan fingerprint density at radius 2 is 2.00 bits per heavy atom. The summed E-state index contributed by atoms with van der Waals surface area (Å²) in [6.07, 6.45) is -2.84. The summed E-state index contributed by atoms with van der Waals surface area (Å²) in [7, 11) is 0. The minimum atomic E-state index is -4.49. The lowest BCUT2D eigenvalue weighted by Gasteiger charge is -2.32. The summed E-state index contributed by atoms with van der Waals surface area (Å²) in [5, 5.41) is 8.90. The number of rotatable bonds is 4. The molecule has 1 fully saturated rings. The molecule has 0 bridgehead atoms. The van der Waals surface area contributed by atoms with E-state index in [1.54, 1.807) is 0 Å². The first kappa shape index (κ1) is 14.7. The van der Waals surface area contributed by atoms with Crippen molar-refractivity contribution in [2.24, 2.45) is 0 Å². The number of aliphatic carboxylic acids is 1. The molecule has 1 aliphatic heterocycles.